The molecule has 0 N–H and O–H groups in total. The Morgan fingerprint density at radius 1 is 1.11 bits per heavy atom. The summed E-state index contributed by atoms with van der Waals surface area (Å²) in [6.07, 6.45) is -3.88. The van der Waals surface area contributed by atoms with Crippen molar-refractivity contribution in [1.82, 2.24) is 9.55 Å². The van der Waals surface area contributed by atoms with Crippen LogP contribution in [-0.2, 0) is 22.6 Å². The highest BCUT2D eigenvalue weighted by Gasteiger charge is 2.35. The van der Waals surface area contributed by atoms with Crippen LogP contribution in [0.15, 0.2) is 48.7 Å². The highest BCUT2D eigenvalue weighted by molar-refractivity contribution is 7.71. The Hall–Kier alpha value is -2.88. The van der Waals surface area contributed by atoms with Crippen molar-refractivity contribution in [2.75, 3.05) is 7.11 Å². The van der Waals surface area contributed by atoms with Gasteiger partial charge >= 0.3 is 6.18 Å². The molecule has 0 aliphatic carbocycles. The second-order valence-electron chi connectivity index (χ2n) is 5.82. The molecule has 0 fully saturated rings. The minimum Gasteiger partial charge on any atom is -0.494 e. The summed E-state index contributed by atoms with van der Waals surface area (Å²) in [4.78, 5) is 3.63. The summed E-state index contributed by atoms with van der Waals surface area (Å²) in [5.74, 6) is -1.08. The van der Waals surface area contributed by atoms with Crippen molar-refractivity contribution >= 4 is 10.7 Å². The van der Waals surface area contributed by atoms with Gasteiger partial charge in [-0.25, -0.2) is 17.8 Å². The quantitative estimate of drug-likeness (QED) is 0.510. The highest BCUT2D eigenvalue weighted by atomic mass is 32.2. The van der Waals surface area contributed by atoms with Gasteiger partial charge in [-0.05, 0) is 35.9 Å². The molecule has 3 aromatic rings. The third kappa shape index (κ3) is 4.16. The number of imidazole rings is 1. The molecular formula is C18H14F4N2O3S. The Bertz CT molecular complexity index is 1070. The van der Waals surface area contributed by atoms with Gasteiger partial charge in [0.25, 0.3) is 0 Å². The Labute approximate surface area is 159 Å². The van der Waals surface area contributed by atoms with Crippen LogP contribution in [0.2, 0.25) is 0 Å². The van der Waals surface area contributed by atoms with Crippen LogP contribution < -0.4 is 4.74 Å². The molecule has 0 spiro atoms. The van der Waals surface area contributed by atoms with Gasteiger partial charge in [0.1, 0.15) is 16.5 Å². The zero-order valence-corrected chi connectivity index (χ0v) is 15.3. The number of aromatic nitrogens is 2. The molecule has 148 valence electrons. The highest BCUT2D eigenvalue weighted by Crippen LogP contribution is 2.33. The van der Waals surface area contributed by atoms with Crippen molar-refractivity contribution < 1.29 is 30.7 Å². The molecule has 0 aliphatic rings. The summed E-state index contributed by atoms with van der Waals surface area (Å²) in [5, 5.41) is 0. The predicted octanol–water partition coefficient (Wildman–Crippen LogP) is 3.82. The molecule has 0 unspecified atom stereocenters. The summed E-state index contributed by atoms with van der Waals surface area (Å²) in [5.41, 5.74) is -0.196. The Morgan fingerprint density at radius 3 is 2.32 bits per heavy atom. The van der Waals surface area contributed by atoms with E-state index in [1.165, 1.54) is 48.1 Å². The number of thiol groups is 1. The van der Waals surface area contributed by atoms with Crippen LogP contribution in [0.1, 0.15) is 11.3 Å². The molecule has 1 heterocycles. The molecule has 1 aromatic heterocycles. The maximum Gasteiger partial charge on any atom is 0.434 e. The number of rotatable bonds is 5. The van der Waals surface area contributed by atoms with Gasteiger partial charge in [-0.1, -0.05) is 12.1 Å². The van der Waals surface area contributed by atoms with E-state index >= 15 is 0 Å². The average Bonchev–Trinajstić information content (AvgIpc) is 3.07. The summed E-state index contributed by atoms with van der Waals surface area (Å²) < 4.78 is 81.2. The van der Waals surface area contributed by atoms with Gasteiger partial charge in [0.2, 0.25) is 0 Å². The lowest BCUT2D eigenvalue weighted by Crippen LogP contribution is -2.05. The van der Waals surface area contributed by atoms with E-state index in [2.05, 4.69) is 4.98 Å². The first kappa shape index (κ1) is 19.9. The zero-order chi connectivity index (χ0) is 20.5. The first-order valence-corrected chi connectivity index (χ1v) is 9.27. The predicted molar refractivity (Wildman–Crippen MR) is 94.5 cm³/mol. The number of alkyl halides is 3. The van der Waals surface area contributed by atoms with E-state index in [0.717, 1.165) is 12.3 Å². The molecule has 0 aliphatic heterocycles. The molecule has 0 bridgehead atoms. The fourth-order valence-corrected chi connectivity index (χ4v) is 3.14. The van der Waals surface area contributed by atoms with Gasteiger partial charge < -0.3 is 4.74 Å². The Morgan fingerprint density at radius 2 is 1.79 bits per heavy atom. The number of benzene rings is 2. The summed E-state index contributed by atoms with van der Waals surface area (Å²) in [6, 6.07) is 9.66. The zero-order valence-electron chi connectivity index (χ0n) is 14.4. The lowest BCUT2D eigenvalue weighted by Gasteiger charge is -2.09. The molecule has 10 heteroatoms. The normalized spacial score (nSPS) is 11.8. The van der Waals surface area contributed by atoms with E-state index < -0.39 is 28.4 Å². The van der Waals surface area contributed by atoms with Crippen LogP contribution in [-0.4, -0.2) is 25.1 Å². The Balaban J connectivity index is 2.12. The van der Waals surface area contributed by atoms with Gasteiger partial charge in [0, 0.05) is 17.4 Å². The van der Waals surface area contributed by atoms with Crippen LogP contribution in [0.3, 0.4) is 0 Å². The van der Waals surface area contributed by atoms with Crippen LogP contribution in [0.4, 0.5) is 17.6 Å². The fraction of sp³-hybridized carbons (Fsp3) is 0.167. The SMILES string of the molecule is COc1ccc(-c2nc(C(F)(F)F)cn2-c2ccc(C[SH](=O)=O)cc2)cc1F. The van der Waals surface area contributed by atoms with Gasteiger partial charge in [-0.2, -0.15) is 13.2 Å². The first-order valence-electron chi connectivity index (χ1n) is 7.90. The maximum atomic E-state index is 14.0. The van der Waals surface area contributed by atoms with E-state index in [4.69, 9.17) is 4.74 Å². The minimum atomic E-state index is -4.69. The largest absolute Gasteiger partial charge is 0.494 e. The lowest BCUT2D eigenvalue weighted by atomic mass is 10.2. The number of nitrogens with zero attached hydrogens (tertiary/aromatic N) is 2. The number of hydrogen-bond donors (Lipinski definition) is 1. The molecule has 0 saturated carbocycles. The fourth-order valence-electron chi connectivity index (χ4n) is 2.63. The number of methoxy groups -OCH3 is 1. The standard InChI is InChI=1S/C18H14F4N2O3S/c1-27-15-7-4-12(8-14(15)19)17-23-16(18(20,21)22)9-24(17)13-5-2-11(3-6-13)10-28(25)26/h2-9,28H,10H2,1H3. The van der Waals surface area contributed by atoms with Crippen LogP contribution in [0.5, 0.6) is 5.75 Å². The third-order valence-electron chi connectivity index (χ3n) is 3.93. The number of ether oxygens (including phenoxy) is 1. The van der Waals surface area contributed by atoms with E-state index in [9.17, 15) is 26.0 Å². The first-order chi connectivity index (χ1) is 13.2. The Kier molecular flexibility index (Phi) is 5.41. The third-order valence-corrected chi connectivity index (χ3v) is 4.56. The van der Waals surface area contributed by atoms with Crippen LogP contribution >= 0.6 is 0 Å². The maximum absolute atomic E-state index is 14.0. The van der Waals surface area contributed by atoms with E-state index in [1.54, 1.807) is 0 Å². The second kappa shape index (κ2) is 7.63. The summed E-state index contributed by atoms with van der Waals surface area (Å²) >= 11 is 0. The molecule has 0 amide bonds. The minimum absolute atomic E-state index is 0.0472. The van der Waals surface area contributed by atoms with Crippen molar-refractivity contribution in [2.45, 2.75) is 11.9 Å². The molecule has 0 radical (unpaired) electrons. The lowest BCUT2D eigenvalue weighted by molar-refractivity contribution is -0.140. The van der Waals surface area contributed by atoms with Crippen molar-refractivity contribution in [2.24, 2.45) is 0 Å². The van der Waals surface area contributed by atoms with Gasteiger partial charge in [0.05, 0.1) is 12.9 Å². The molecule has 28 heavy (non-hydrogen) atoms. The monoisotopic (exact) mass is 414 g/mol. The molecule has 0 saturated heterocycles. The molecule has 0 atom stereocenters. The number of halogens is 4. The smallest absolute Gasteiger partial charge is 0.434 e. The average molecular weight is 414 g/mol. The van der Waals surface area contributed by atoms with Gasteiger partial charge in [0.15, 0.2) is 17.3 Å². The molecule has 5 nitrogen and oxygen atoms in total. The van der Waals surface area contributed by atoms with Crippen LogP contribution in [0, 0.1) is 5.82 Å². The summed E-state index contributed by atoms with van der Waals surface area (Å²) in [6.45, 7) is 0. The molecule has 2 aromatic carbocycles. The van der Waals surface area contributed by atoms with E-state index in [-0.39, 0.29) is 22.9 Å². The topological polar surface area (TPSA) is 61.2 Å². The molecular weight excluding hydrogens is 400 g/mol. The van der Waals surface area contributed by atoms with E-state index in [1.807, 2.05) is 0 Å². The van der Waals surface area contributed by atoms with Gasteiger partial charge in [-0.3, -0.25) is 4.57 Å². The van der Waals surface area contributed by atoms with Crippen LogP contribution in [0.25, 0.3) is 17.1 Å². The molecule has 3 rings (SSSR count). The van der Waals surface area contributed by atoms with Crippen molar-refractivity contribution in [3.8, 4) is 22.8 Å². The van der Waals surface area contributed by atoms with Crippen molar-refractivity contribution in [3.05, 3.63) is 65.7 Å². The van der Waals surface area contributed by atoms with Crippen molar-refractivity contribution in [1.29, 1.82) is 0 Å². The van der Waals surface area contributed by atoms with E-state index in [0.29, 0.717) is 11.3 Å². The second-order valence-corrected chi connectivity index (χ2v) is 6.81. The van der Waals surface area contributed by atoms with Gasteiger partial charge in [-0.15, -0.1) is 0 Å². The summed E-state index contributed by atoms with van der Waals surface area (Å²) in [7, 11) is -1.35. The number of hydrogen-bond acceptors (Lipinski definition) is 4. The van der Waals surface area contributed by atoms with Crippen molar-refractivity contribution in [3.63, 3.8) is 0 Å².